The lowest BCUT2D eigenvalue weighted by atomic mass is 10.0. The van der Waals surface area contributed by atoms with E-state index in [0.29, 0.717) is 45.6 Å². The SMILES string of the molecule is Cc1c(OCc2ccc(F)cc2)ccc2c1O/C(=C\c1cc(Cl)cc3c1OCOC3)C2=O. The Kier molecular flexibility index (Phi) is 5.33. The summed E-state index contributed by atoms with van der Waals surface area (Å²) in [5, 5.41) is 0.514. The van der Waals surface area contributed by atoms with Gasteiger partial charge in [0.25, 0.3) is 0 Å². The molecule has 0 unspecified atom stereocenters. The third-order valence-electron chi connectivity index (χ3n) is 5.33. The fourth-order valence-corrected chi connectivity index (χ4v) is 3.97. The Bertz CT molecular complexity index is 1250. The van der Waals surface area contributed by atoms with Crippen molar-refractivity contribution >= 4 is 23.5 Å². The summed E-state index contributed by atoms with van der Waals surface area (Å²) in [6.07, 6.45) is 1.64. The van der Waals surface area contributed by atoms with Crippen molar-refractivity contribution in [3.63, 3.8) is 0 Å². The highest BCUT2D eigenvalue weighted by molar-refractivity contribution is 6.31. The van der Waals surface area contributed by atoms with Crippen molar-refractivity contribution in [3.8, 4) is 17.2 Å². The van der Waals surface area contributed by atoms with E-state index in [-0.39, 0.29) is 30.8 Å². The van der Waals surface area contributed by atoms with Crippen LogP contribution in [0.5, 0.6) is 17.2 Å². The normalized spacial score (nSPS) is 15.7. The lowest BCUT2D eigenvalue weighted by Crippen LogP contribution is -2.12. The van der Waals surface area contributed by atoms with E-state index in [4.69, 9.17) is 30.5 Å². The predicted octanol–water partition coefficient (Wildman–Crippen LogP) is 5.85. The van der Waals surface area contributed by atoms with Crippen LogP contribution in [-0.4, -0.2) is 12.6 Å². The minimum absolute atomic E-state index is 0.133. The van der Waals surface area contributed by atoms with Gasteiger partial charge in [0.15, 0.2) is 12.6 Å². The number of Topliss-reactive ketones (excluding diaryl/α,β-unsaturated/α-hetero) is 1. The van der Waals surface area contributed by atoms with Gasteiger partial charge in [-0.05, 0) is 55.0 Å². The highest BCUT2D eigenvalue weighted by Gasteiger charge is 2.31. The minimum atomic E-state index is -0.299. The predicted molar refractivity (Wildman–Crippen MR) is 117 cm³/mol. The fraction of sp³-hybridized carbons (Fsp3) is 0.160. The van der Waals surface area contributed by atoms with Crippen LogP contribution in [0.2, 0.25) is 5.02 Å². The molecule has 32 heavy (non-hydrogen) atoms. The highest BCUT2D eigenvalue weighted by atomic mass is 35.5. The third kappa shape index (κ3) is 3.83. The summed E-state index contributed by atoms with van der Waals surface area (Å²) in [5.74, 6) is 1.32. The smallest absolute Gasteiger partial charge is 0.231 e. The molecule has 0 aromatic heterocycles. The Balaban J connectivity index is 1.42. The van der Waals surface area contributed by atoms with Crippen LogP contribution in [0.3, 0.4) is 0 Å². The molecule has 3 aromatic carbocycles. The second kappa shape index (κ2) is 8.30. The number of carbonyl (C=O) groups excluding carboxylic acids is 1. The number of halogens is 2. The number of hydrogen-bond acceptors (Lipinski definition) is 5. The molecule has 0 amide bonds. The van der Waals surface area contributed by atoms with Crippen LogP contribution in [0, 0.1) is 12.7 Å². The van der Waals surface area contributed by atoms with Crippen molar-refractivity contribution in [3.05, 3.63) is 92.9 Å². The molecule has 0 N–H and O–H groups in total. The van der Waals surface area contributed by atoms with Gasteiger partial charge in [0.1, 0.15) is 29.7 Å². The number of benzene rings is 3. The van der Waals surface area contributed by atoms with Gasteiger partial charge in [-0.15, -0.1) is 0 Å². The molecule has 0 saturated carbocycles. The Morgan fingerprint density at radius 2 is 1.94 bits per heavy atom. The summed E-state index contributed by atoms with van der Waals surface area (Å²) in [5.41, 5.74) is 3.46. The van der Waals surface area contributed by atoms with Gasteiger partial charge in [-0.3, -0.25) is 4.79 Å². The number of hydrogen-bond donors (Lipinski definition) is 0. The van der Waals surface area contributed by atoms with E-state index < -0.39 is 0 Å². The first kappa shape index (κ1) is 20.5. The molecular formula is C25H18ClFO5. The zero-order valence-electron chi connectivity index (χ0n) is 17.1. The van der Waals surface area contributed by atoms with E-state index in [0.717, 1.165) is 11.1 Å². The highest BCUT2D eigenvalue weighted by Crippen LogP contribution is 2.41. The number of rotatable bonds is 4. The van der Waals surface area contributed by atoms with Crippen LogP contribution < -0.4 is 14.2 Å². The van der Waals surface area contributed by atoms with Gasteiger partial charge >= 0.3 is 0 Å². The van der Waals surface area contributed by atoms with Gasteiger partial charge < -0.3 is 18.9 Å². The molecule has 0 saturated heterocycles. The van der Waals surface area contributed by atoms with E-state index in [9.17, 15) is 9.18 Å². The molecule has 0 spiro atoms. The van der Waals surface area contributed by atoms with Crippen LogP contribution in [0.4, 0.5) is 4.39 Å². The molecular weight excluding hydrogens is 435 g/mol. The van der Waals surface area contributed by atoms with E-state index >= 15 is 0 Å². The maximum absolute atomic E-state index is 13.1. The van der Waals surface area contributed by atoms with E-state index in [1.54, 1.807) is 42.5 Å². The average Bonchev–Trinajstić information content (AvgIpc) is 3.10. The minimum Gasteiger partial charge on any atom is -0.488 e. The van der Waals surface area contributed by atoms with Crippen molar-refractivity contribution in [2.24, 2.45) is 0 Å². The van der Waals surface area contributed by atoms with Crippen molar-refractivity contribution in [2.75, 3.05) is 6.79 Å². The van der Waals surface area contributed by atoms with E-state index in [1.165, 1.54) is 12.1 Å². The molecule has 0 fully saturated rings. The molecule has 3 aromatic rings. The van der Waals surface area contributed by atoms with Crippen LogP contribution in [0.25, 0.3) is 6.08 Å². The second-order valence-corrected chi connectivity index (χ2v) is 7.95. The molecule has 162 valence electrons. The van der Waals surface area contributed by atoms with Gasteiger partial charge in [0.2, 0.25) is 5.78 Å². The molecule has 0 radical (unpaired) electrons. The van der Waals surface area contributed by atoms with Crippen molar-refractivity contribution in [1.82, 2.24) is 0 Å². The second-order valence-electron chi connectivity index (χ2n) is 7.51. The van der Waals surface area contributed by atoms with Crippen molar-refractivity contribution in [1.29, 1.82) is 0 Å². The summed E-state index contributed by atoms with van der Waals surface area (Å²) in [6, 6.07) is 13.0. The maximum Gasteiger partial charge on any atom is 0.231 e. The molecule has 2 aliphatic rings. The monoisotopic (exact) mass is 452 g/mol. The van der Waals surface area contributed by atoms with E-state index in [1.807, 2.05) is 6.92 Å². The molecule has 7 heteroatoms. The summed E-state index contributed by atoms with van der Waals surface area (Å²) in [6.45, 7) is 2.62. The summed E-state index contributed by atoms with van der Waals surface area (Å²) in [7, 11) is 0. The van der Waals surface area contributed by atoms with Crippen molar-refractivity contribution in [2.45, 2.75) is 20.1 Å². The Hall–Kier alpha value is -3.35. The number of ketones is 1. The number of ether oxygens (including phenoxy) is 4. The zero-order chi connectivity index (χ0) is 22.2. The van der Waals surface area contributed by atoms with Gasteiger partial charge in [0, 0.05) is 21.7 Å². The Morgan fingerprint density at radius 1 is 1.12 bits per heavy atom. The summed E-state index contributed by atoms with van der Waals surface area (Å²) < 4.78 is 35.8. The molecule has 2 aliphatic heterocycles. The zero-order valence-corrected chi connectivity index (χ0v) is 17.9. The molecule has 0 aliphatic carbocycles. The van der Waals surface area contributed by atoms with Crippen LogP contribution >= 0.6 is 11.6 Å². The van der Waals surface area contributed by atoms with Gasteiger partial charge in [0.05, 0.1) is 12.2 Å². The lowest BCUT2D eigenvalue weighted by molar-refractivity contribution is -0.0165. The molecule has 2 heterocycles. The van der Waals surface area contributed by atoms with Crippen LogP contribution in [0.1, 0.15) is 32.6 Å². The maximum atomic E-state index is 13.1. The first-order chi connectivity index (χ1) is 15.5. The first-order valence-corrected chi connectivity index (χ1v) is 10.4. The molecule has 5 nitrogen and oxygen atoms in total. The Morgan fingerprint density at radius 3 is 2.75 bits per heavy atom. The van der Waals surface area contributed by atoms with Gasteiger partial charge in [-0.1, -0.05) is 23.7 Å². The third-order valence-corrected chi connectivity index (χ3v) is 5.55. The molecule has 0 atom stereocenters. The van der Waals surface area contributed by atoms with Gasteiger partial charge in [-0.25, -0.2) is 4.39 Å². The molecule has 5 rings (SSSR count). The molecule has 0 bridgehead atoms. The average molecular weight is 453 g/mol. The Labute approximate surface area is 188 Å². The fourth-order valence-electron chi connectivity index (χ4n) is 3.72. The first-order valence-electron chi connectivity index (χ1n) is 9.97. The van der Waals surface area contributed by atoms with Crippen LogP contribution in [0.15, 0.2) is 54.3 Å². The lowest BCUT2D eigenvalue weighted by Gasteiger charge is -2.20. The topological polar surface area (TPSA) is 54.0 Å². The summed E-state index contributed by atoms with van der Waals surface area (Å²) >= 11 is 6.23. The van der Waals surface area contributed by atoms with Crippen LogP contribution in [-0.2, 0) is 18.0 Å². The number of allylic oxidation sites excluding steroid dienone is 1. The largest absolute Gasteiger partial charge is 0.488 e. The number of fused-ring (bicyclic) bond motifs is 2. The van der Waals surface area contributed by atoms with Gasteiger partial charge in [-0.2, -0.15) is 0 Å². The summed E-state index contributed by atoms with van der Waals surface area (Å²) in [4.78, 5) is 13.0. The number of carbonyl (C=O) groups is 1. The quantitative estimate of drug-likeness (QED) is 0.465. The standard InChI is InChI=1S/C25H18ClFO5/c1-14-21(30-11-15-2-4-19(27)5-3-15)7-6-20-23(28)22(32-24(14)20)10-16-8-18(26)9-17-12-29-13-31-25(16)17/h2-10H,11-13H2,1H3/b22-10-. The van der Waals surface area contributed by atoms with Crippen molar-refractivity contribution < 1.29 is 28.1 Å². The van der Waals surface area contributed by atoms with E-state index in [2.05, 4.69) is 0 Å².